The van der Waals surface area contributed by atoms with Crippen molar-refractivity contribution in [1.29, 1.82) is 0 Å². The topological polar surface area (TPSA) is 70.2 Å². The Balaban J connectivity index is 1.56. The van der Waals surface area contributed by atoms with Crippen molar-refractivity contribution in [3.63, 3.8) is 0 Å². The van der Waals surface area contributed by atoms with Crippen molar-refractivity contribution in [3.8, 4) is 0 Å². The van der Waals surface area contributed by atoms with Crippen molar-refractivity contribution in [1.82, 2.24) is 20.2 Å². The molecule has 11 heteroatoms. The first-order chi connectivity index (χ1) is 15.3. The number of hydrogen-bond acceptors (Lipinski definition) is 5. The normalized spacial score (nSPS) is 21.5. The van der Waals surface area contributed by atoms with Gasteiger partial charge in [0.25, 0.3) is 6.43 Å². The maximum Gasteiger partial charge on any atom is 0.266 e. The maximum atomic E-state index is 14.6. The van der Waals surface area contributed by atoms with Crippen LogP contribution in [0.25, 0.3) is 0 Å². The molecule has 32 heavy (non-hydrogen) atoms. The number of alkyl halides is 3. The molecule has 0 saturated carbocycles. The summed E-state index contributed by atoms with van der Waals surface area (Å²) in [5.41, 5.74) is 0.470. The average Bonchev–Trinajstić information content (AvgIpc) is 3.17. The van der Waals surface area contributed by atoms with Gasteiger partial charge in [0.15, 0.2) is 0 Å². The standard InChI is InChI=1S/C21H22ClF4N5O/c1-10(11-3-2-4-13(17(11)24)18(25)26)28-19-14-8-31(9-16(14)29-21(22)30-19)20(32)12-5-6-27-7-15(12)23/h2-4,10,12,15,18,27H,5-9H2,1H3,(H,28,29,30)/t10-,12?,15?/m1/s1. The summed E-state index contributed by atoms with van der Waals surface area (Å²) in [6.07, 6.45) is -3.80. The second-order valence-corrected chi connectivity index (χ2v) is 8.33. The van der Waals surface area contributed by atoms with Gasteiger partial charge in [0.2, 0.25) is 11.2 Å². The third kappa shape index (κ3) is 4.38. The molecule has 4 rings (SSSR count). The lowest BCUT2D eigenvalue weighted by Crippen LogP contribution is -2.46. The highest BCUT2D eigenvalue weighted by Crippen LogP contribution is 2.34. The smallest absolute Gasteiger partial charge is 0.266 e. The van der Waals surface area contributed by atoms with Crippen LogP contribution in [-0.2, 0) is 17.9 Å². The Morgan fingerprint density at radius 1 is 1.28 bits per heavy atom. The minimum Gasteiger partial charge on any atom is -0.363 e. The number of carbonyl (C=O) groups excluding carboxylic acids is 1. The fourth-order valence-electron chi connectivity index (χ4n) is 4.19. The molecular weight excluding hydrogens is 450 g/mol. The first kappa shape index (κ1) is 22.7. The lowest BCUT2D eigenvalue weighted by Gasteiger charge is -2.29. The van der Waals surface area contributed by atoms with Crippen LogP contribution in [0.15, 0.2) is 18.2 Å². The molecule has 2 aromatic rings. The summed E-state index contributed by atoms with van der Waals surface area (Å²) >= 11 is 6.05. The number of carbonyl (C=O) groups is 1. The Labute approximate surface area is 187 Å². The molecule has 2 aliphatic rings. The van der Waals surface area contributed by atoms with Gasteiger partial charge < -0.3 is 15.5 Å². The number of hydrogen-bond donors (Lipinski definition) is 2. The lowest BCUT2D eigenvalue weighted by atomic mass is 9.95. The fraction of sp³-hybridized carbons (Fsp3) is 0.476. The van der Waals surface area contributed by atoms with Gasteiger partial charge in [-0.2, -0.15) is 0 Å². The molecule has 1 aromatic heterocycles. The molecule has 3 atom stereocenters. The van der Waals surface area contributed by atoms with Gasteiger partial charge in [0.05, 0.1) is 36.3 Å². The van der Waals surface area contributed by atoms with Crippen LogP contribution in [-0.4, -0.2) is 40.0 Å². The SMILES string of the molecule is C[C@@H](Nc1nc(Cl)nc2c1CN(C(=O)C1CCNCC1F)C2)c1cccc(C(F)F)c1F. The summed E-state index contributed by atoms with van der Waals surface area (Å²) in [5, 5.41) is 5.87. The molecule has 2 unspecified atom stereocenters. The predicted octanol–water partition coefficient (Wildman–Crippen LogP) is 4.17. The first-order valence-corrected chi connectivity index (χ1v) is 10.7. The molecule has 6 nitrogen and oxygen atoms in total. The zero-order valence-corrected chi connectivity index (χ0v) is 18.0. The van der Waals surface area contributed by atoms with E-state index in [1.807, 2.05) is 0 Å². The van der Waals surface area contributed by atoms with Crippen LogP contribution < -0.4 is 10.6 Å². The second-order valence-electron chi connectivity index (χ2n) is 7.99. The van der Waals surface area contributed by atoms with Crippen LogP contribution >= 0.6 is 11.6 Å². The van der Waals surface area contributed by atoms with E-state index in [1.54, 1.807) is 6.92 Å². The Morgan fingerprint density at radius 3 is 2.75 bits per heavy atom. The highest BCUT2D eigenvalue weighted by Gasteiger charge is 2.37. The number of amides is 1. The Hall–Kier alpha value is -2.46. The van der Waals surface area contributed by atoms with Crippen molar-refractivity contribution >= 4 is 23.3 Å². The van der Waals surface area contributed by atoms with Crippen LogP contribution in [0.4, 0.5) is 23.4 Å². The van der Waals surface area contributed by atoms with E-state index in [-0.39, 0.29) is 42.2 Å². The molecule has 1 fully saturated rings. The van der Waals surface area contributed by atoms with Gasteiger partial charge in [-0.3, -0.25) is 4.79 Å². The summed E-state index contributed by atoms with van der Waals surface area (Å²) in [6, 6.07) is 3.10. The molecule has 3 heterocycles. The van der Waals surface area contributed by atoms with E-state index in [4.69, 9.17) is 11.6 Å². The van der Waals surface area contributed by atoms with Crippen LogP contribution in [0.5, 0.6) is 0 Å². The van der Waals surface area contributed by atoms with Crippen LogP contribution in [0.2, 0.25) is 5.28 Å². The van der Waals surface area contributed by atoms with E-state index in [9.17, 15) is 22.4 Å². The zero-order valence-electron chi connectivity index (χ0n) is 17.2. The van der Waals surface area contributed by atoms with Crippen LogP contribution in [0, 0.1) is 11.7 Å². The van der Waals surface area contributed by atoms with E-state index in [0.717, 1.165) is 6.07 Å². The number of fused-ring (bicyclic) bond motifs is 1. The van der Waals surface area contributed by atoms with Gasteiger partial charge in [-0.25, -0.2) is 27.5 Å². The predicted molar refractivity (Wildman–Crippen MR) is 111 cm³/mol. The highest BCUT2D eigenvalue weighted by atomic mass is 35.5. The number of nitrogens with zero attached hydrogens (tertiary/aromatic N) is 3. The second kappa shape index (κ2) is 9.19. The van der Waals surface area contributed by atoms with Crippen molar-refractivity contribution < 1.29 is 22.4 Å². The summed E-state index contributed by atoms with van der Waals surface area (Å²) in [5.74, 6) is -1.74. The summed E-state index contributed by atoms with van der Waals surface area (Å²) in [6.45, 7) is 2.62. The number of halogens is 5. The molecular formula is C21H22ClF4N5O. The molecule has 0 aliphatic carbocycles. The lowest BCUT2D eigenvalue weighted by molar-refractivity contribution is -0.139. The number of benzene rings is 1. The third-order valence-electron chi connectivity index (χ3n) is 5.91. The maximum absolute atomic E-state index is 14.6. The van der Waals surface area contributed by atoms with E-state index in [2.05, 4.69) is 20.6 Å². The molecule has 1 aromatic carbocycles. The molecule has 0 bridgehead atoms. The molecule has 2 N–H and O–H groups in total. The minimum atomic E-state index is -2.94. The number of anilines is 1. The summed E-state index contributed by atoms with van der Waals surface area (Å²) in [7, 11) is 0. The van der Waals surface area contributed by atoms with Gasteiger partial charge in [-0.15, -0.1) is 0 Å². The Bertz CT molecular complexity index is 1020. The van der Waals surface area contributed by atoms with Gasteiger partial charge in [0, 0.05) is 17.7 Å². The molecule has 1 saturated heterocycles. The fourth-order valence-corrected chi connectivity index (χ4v) is 4.37. The third-order valence-corrected chi connectivity index (χ3v) is 6.07. The largest absolute Gasteiger partial charge is 0.363 e. The van der Waals surface area contributed by atoms with Crippen molar-refractivity contribution in [3.05, 3.63) is 51.7 Å². The number of nitrogens with one attached hydrogen (secondary N) is 2. The minimum absolute atomic E-state index is 0.0483. The van der Waals surface area contributed by atoms with E-state index in [1.165, 1.54) is 17.0 Å². The number of aromatic nitrogens is 2. The first-order valence-electron chi connectivity index (χ1n) is 10.3. The quantitative estimate of drug-likeness (QED) is 0.506. The highest BCUT2D eigenvalue weighted by molar-refractivity contribution is 6.28. The van der Waals surface area contributed by atoms with Crippen molar-refractivity contribution in [2.24, 2.45) is 5.92 Å². The summed E-state index contributed by atoms with van der Waals surface area (Å²) < 4.78 is 54.9. The number of piperidine rings is 1. The van der Waals surface area contributed by atoms with E-state index >= 15 is 0 Å². The van der Waals surface area contributed by atoms with Crippen molar-refractivity contribution in [2.45, 2.75) is 45.1 Å². The molecule has 0 radical (unpaired) electrons. The average molecular weight is 472 g/mol. The Kier molecular flexibility index (Phi) is 6.52. The monoisotopic (exact) mass is 471 g/mol. The zero-order chi connectivity index (χ0) is 23.0. The van der Waals surface area contributed by atoms with Crippen LogP contribution in [0.3, 0.4) is 0 Å². The number of rotatable bonds is 5. The van der Waals surface area contributed by atoms with Gasteiger partial charge in [-0.05, 0) is 31.5 Å². The summed E-state index contributed by atoms with van der Waals surface area (Å²) in [4.78, 5) is 22.8. The van der Waals surface area contributed by atoms with Gasteiger partial charge >= 0.3 is 0 Å². The molecule has 1 amide bonds. The van der Waals surface area contributed by atoms with E-state index < -0.39 is 35.9 Å². The van der Waals surface area contributed by atoms with Crippen LogP contribution in [0.1, 0.15) is 48.2 Å². The van der Waals surface area contributed by atoms with E-state index in [0.29, 0.717) is 24.2 Å². The van der Waals surface area contributed by atoms with Gasteiger partial charge in [0.1, 0.15) is 17.8 Å². The Morgan fingerprint density at radius 2 is 2.03 bits per heavy atom. The molecule has 172 valence electrons. The van der Waals surface area contributed by atoms with Gasteiger partial charge in [-0.1, -0.05) is 18.2 Å². The van der Waals surface area contributed by atoms with Crippen molar-refractivity contribution in [2.75, 3.05) is 18.4 Å². The molecule has 0 spiro atoms. The molecule has 2 aliphatic heterocycles.